The van der Waals surface area contributed by atoms with E-state index in [-0.39, 0.29) is 12.1 Å². The number of hydrogen-bond acceptors (Lipinski definition) is 5. The van der Waals surface area contributed by atoms with Gasteiger partial charge in [-0.2, -0.15) is 5.10 Å². The Balaban J connectivity index is 1.97. The molecule has 2 heterocycles. The monoisotopic (exact) mass is 345 g/mol. The van der Waals surface area contributed by atoms with Gasteiger partial charge in [-0.15, -0.1) is 11.3 Å². The molecule has 0 aliphatic heterocycles. The first kappa shape index (κ1) is 16.5. The highest BCUT2D eigenvalue weighted by atomic mass is 32.1. The first-order valence-corrected chi connectivity index (χ1v) is 8.27. The molecule has 7 heteroatoms. The maximum Gasteiger partial charge on any atom is 0.277 e. The van der Waals surface area contributed by atoms with Crippen LogP contribution in [0.5, 0.6) is 0 Å². The van der Waals surface area contributed by atoms with Crippen molar-refractivity contribution in [3.63, 3.8) is 0 Å². The Kier molecular flexibility index (Phi) is 4.55. The smallest absolute Gasteiger partial charge is 0.277 e. The number of rotatable bonds is 4. The van der Waals surface area contributed by atoms with Crippen molar-refractivity contribution >= 4 is 11.3 Å². The number of aliphatic hydroxyl groups excluding tert-OH is 1. The van der Waals surface area contributed by atoms with Crippen LogP contribution in [0.1, 0.15) is 23.1 Å². The zero-order valence-electron chi connectivity index (χ0n) is 13.2. The SMILES string of the molecule is Cc1csc(-c2cc(C)nn(CC(O)c3cccc(F)c3)c2=O)n1. The highest BCUT2D eigenvalue weighted by Crippen LogP contribution is 2.21. The van der Waals surface area contributed by atoms with Crippen LogP contribution >= 0.6 is 11.3 Å². The molecule has 1 N–H and O–H groups in total. The summed E-state index contributed by atoms with van der Waals surface area (Å²) in [4.78, 5) is 17.0. The van der Waals surface area contributed by atoms with Crippen molar-refractivity contribution < 1.29 is 9.50 Å². The first-order valence-electron chi connectivity index (χ1n) is 7.39. The fourth-order valence-electron chi connectivity index (χ4n) is 2.41. The van der Waals surface area contributed by atoms with Crippen molar-refractivity contribution in [1.82, 2.24) is 14.8 Å². The second-order valence-electron chi connectivity index (χ2n) is 5.55. The highest BCUT2D eigenvalue weighted by Gasteiger charge is 2.16. The van der Waals surface area contributed by atoms with E-state index in [0.29, 0.717) is 21.8 Å². The summed E-state index contributed by atoms with van der Waals surface area (Å²) < 4.78 is 14.5. The number of thiazole rings is 1. The zero-order valence-corrected chi connectivity index (χ0v) is 14.0. The van der Waals surface area contributed by atoms with E-state index in [2.05, 4.69) is 10.1 Å². The molecule has 3 aromatic rings. The highest BCUT2D eigenvalue weighted by molar-refractivity contribution is 7.13. The molecular formula is C17H16FN3O2S. The lowest BCUT2D eigenvalue weighted by Crippen LogP contribution is -2.27. The number of halogens is 1. The molecule has 1 aromatic carbocycles. The molecule has 0 bridgehead atoms. The van der Waals surface area contributed by atoms with Crippen LogP contribution in [0.25, 0.3) is 10.6 Å². The number of hydrogen-bond donors (Lipinski definition) is 1. The maximum atomic E-state index is 13.3. The maximum absolute atomic E-state index is 13.3. The Morgan fingerprint density at radius 2 is 2.08 bits per heavy atom. The molecule has 0 saturated carbocycles. The Hall–Kier alpha value is -2.38. The van der Waals surface area contributed by atoms with Gasteiger partial charge < -0.3 is 5.11 Å². The first-order chi connectivity index (χ1) is 11.4. The van der Waals surface area contributed by atoms with Crippen LogP contribution in [0.2, 0.25) is 0 Å². The third-order valence-corrected chi connectivity index (χ3v) is 4.52. The van der Waals surface area contributed by atoms with Gasteiger partial charge in [-0.25, -0.2) is 14.1 Å². The Morgan fingerprint density at radius 1 is 1.29 bits per heavy atom. The number of aryl methyl sites for hydroxylation is 2. The van der Waals surface area contributed by atoms with Crippen molar-refractivity contribution in [2.24, 2.45) is 0 Å². The minimum atomic E-state index is -1.03. The number of aliphatic hydroxyl groups is 1. The third-order valence-electron chi connectivity index (χ3n) is 3.53. The molecule has 0 saturated heterocycles. The van der Waals surface area contributed by atoms with Crippen molar-refractivity contribution in [3.05, 3.63) is 68.8 Å². The van der Waals surface area contributed by atoms with Gasteiger partial charge >= 0.3 is 0 Å². The molecule has 0 amide bonds. The molecule has 0 fully saturated rings. The molecule has 1 atom stereocenters. The summed E-state index contributed by atoms with van der Waals surface area (Å²) in [6.45, 7) is 3.58. The molecule has 5 nitrogen and oxygen atoms in total. The van der Waals surface area contributed by atoms with E-state index in [4.69, 9.17) is 0 Å². The Morgan fingerprint density at radius 3 is 2.75 bits per heavy atom. The number of aromatic nitrogens is 3. The number of benzene rings is 1. The molecule has 124 valence electrons. The summed E-state index contributed by atoms with van der Waals surface area (Å²) >= 11 is 1.39. The lowest BCUT2D eigenvalue weighted by atomic mass is 10.1. The normalized spacial score (nSPS) is 12.3. The van der Waals surface area contributed by atoms with Gasteiger partial charge in [0.05, 0.1) is 23.9 Å². The Labute approximate surface area is 142 Å². The van der Waals surface area contributed by atoms with E-state index < -0.39 is 11.9 Å². The van der Waals surface area contributed by atoms with Crippen LogP contribution in [0.4, 0.5) is 4.39 Å². The summed E-state index contributed by atoms with van der Waals surface area (Å²) in [5.41, 5.74) is 2.01. The lowest BCUT2D eigenvalue weighted by molar-refractivity contribution is 0.149. The van der Waals surface area contributed by atoms with E-state index in [9.17, 15) is 14.3 Å². The molecular weight excluding hydrogens is 329 g/mol. The van der Waals surface area contributed by atoms with E-state index in [1.807, 2.05) is 12.3 Å². The molecule has 0 aliphatic rings. The fraction of sp³-hybridized carbons (Fsp3) is 0.235. The van der Waals surface area contributed by atoms with Crippen LogP contribution in [0.3, 0.4) is 0 Å². The lowest BCUT2D eigenvalue weighted by Gasteiger charge is -2.13. The van der Waals surface area contributed by atoms with Crippen molar-refractivity contribution in [2.75, 3.05) is 0 Å². The van der Waals surface area contributed by atoms with E-state index in [1.54, 1.807) is 19.1 Å². The van der Waals surface area contributed by atoms with Crippen LogP contribution < -0.4 is 5.56 Å². The third kappa shape index (κ3) is 3.42. The molecule has 0 radical (unpaired) electrons. The van der Waals surface area contributed by atoms with Gasteiger partial charge in [0.2, 0.25) is 0 Å². The van der Waals surface area contributed by atoms with E-state index >= 15 is 0 Å². The summed E-state index contributed by atoms with van der Waals surface area (Å²) in [6.07, 6.45) is -1.03. The van der Waals surface area contributed by atoms with E-state index in [1.165, 1.54) is 34.2 Å². The minimum absolute atomic E-state index is 0.0542. The quantitative estimate of drug-likeness (QED) is 0.789. The molecule has 1 unspecified atom stereocenters. The topological polar surface area (TPSA) is 68.0 Å². The van der Waals surface area contributed by atoms with Crippen molar-refractivity contribution in [3.8, 4) is 10.6 Å². The van der Waals surface area contributed by atoms with Gasteiger partial charge in [0.15, 0.2) is 0 Å². The number of nitrogens with zero attached hydrogens (tertiary/aromatic N) is 3. The van der Waals surface area contributed by atoms with Gasteiger partial charge in [0.25, 0.3) is 5.56 Å². The minimum Gasteiger partial charge on any atom is -0.386 e. The average molecular weight is 345 g/mol. The van der Waals surface area contributed by atoms with Crippen LogP contribution in [0, 0.1) is 19.7 Å². The van der Waals surface area contributed by atoms with Gasteiger partial charge in [0.1, 0.15) is 10.8 Å². The van der Waals surface area contributed by atoms with Crippen LogP contribution in [-0.4, -0.2) is 19.9 Å². The standard InChI is InChI=1S/C17H16FN3O2S/c1-10-6-14(16-19-11(2)9-24-16)17(23)21(20-10)8-15(22)12-4-3-5-13(18)7-12/h3-7,9,15,22H,8H2,1-2H3. The zero-order chi connectivity index (χ0) is 17.3. The molecule has 3 rings (SSSR count). The summed E-state index contributed by atoms with van der Waals surface area (Å²) in [5, 5.41) is 17.0. The summed E-state index contributed by atoms with van der Waals surface area (Å²) in [5.74, 6) is -0.435. The second kappa shape index (κ2) is 6.62. The van der Waals surface area contributed by atoms with Crippen molar-refractivity contribution in [2.45, 2.75) is 26.5 Å². The van der Waals surface area contributed by atoms with Gasteiger partial charge in [-0.3, -0.25) is 4.79 Å². The van der Waals surface area contributed by atoms with Gasteiger partial charge in [0, 0.05) is 11.1 Å². The van der Waals surface area contributed by atoms with Gasteiger partial charge in [-0.05, 0) is 37.6 Å². The summed E-state index contributed by atoms with van der Waals surface area (Å²) in [6, 6.07) is 7.36. The second-order valence-corrected chi connectivity index (χ2v) is 6.41. The largest absolute Gasteiger partial charge is 0.386 e. The predicted octanol–water partition coefficient (Wildman–Crippen LogP) is 2.86. The van der Waals surface area contributed by atoms with Crippen LogP contribution in [0.15, 0.2) is 40.5 Å². The predicted molar refractivity (Wildman–Crippen MR) is 90.4 cm³/mol. The summed E-state index contributed by atoms with van der Waals surface area (Å²) in [7, 11) is 0. The average Bonchev–Trinajstić information content (AvgIpc) is 2.96. The fourth-order valence-corrected chi connectivity index (χ4v) is 3.22. The van der Waals surface area contributed by atoms with E-state index in [0.717, 1.165) is 5.69 Å². The Bertz CT molecular complexity index is 936. The van der Waals surface area contributed by atoms with Crippen molar-refractivity contribution in [1.29, 1.82) is 0 Å². The molecule has 0 spiro atoms. The molecule has 2 aromatic heterocycles. The van der Waals surface area contributed by atoms with Crippen LogP contribution in [-0.2, 0) is 6.54 Å². The molecule has 0 aliphatic carbocycles. The molecule has 24 heavy (non-hydrogen) atoms. The van der Waals surface area contributed by atoms with Gasteiger partial charge in [-0.1, -0.05) is 12.1 Å².